The van der Waals surface area contributed by atoms with E-state index in [1.165, 1.54) is 6.42 Å². The van der Waals surface area contributed by atoms with Crippen LogP contribution in [0.5, 0.6) is 0 Å². The van der Waals surface area contributed by atoms with Crippen LogP contribution in [0.4, 0.5) is 5.95 Å². The molecule has 0 spiro atoms. The number of benzene rings is 1. The number of rotatable bonds is 5. The highest BCUT2D eigenvalue weighted by Gasteiger charge is 2.17. The van der Waals surface area contributed by atoms with Crippen molar-refractivity contribution in [3.05, 3.63) is 47.3 Å². The van der Waals surface area contributed by atoms with Crippen LogP contribution in [0.2, 0.25) is 0 Å². The largest absolute Gasteiger partial charge is 0.341 e. The topological polar surface area (TPSA) is 75.2 Å². The summed E-state index contributed by atoms with van der Waals surface area (Å²) in [6, 6.07) is 8.70. The molecule has 1 saturated heterocycles. The van der Waals surface area contributed by atoms with Crippen molar-refractivity contribution in [2.75, 3.05) is 18.0 Å². The average molecular weight is 360 g/mol. The van der Waals surface area contributed by atoms with Crippen LogP contribution >= 0.6 is 0 Å². The van der Waals surface area contributed by atoms with Crippen LogP contribution in [0.1, 0.15) is 36.2 Å². The molecule has 3 rings (SSSR count). The van der Waals surface area contributed by atoms with E-state index in [1.807, 2.05) is 26.0 Å². The van der Waals surface area contributed by atoms with Gasteiger partial charge in [0.1, 0.15) is 0 Å². The van der Waals surface area contributed by atoms with Crippen molar-refractivity contribution >= 4 is 16.0 Å². The molecule has 0 saturated carbocycles. The third-order valence-electron chi connectivity index (χ3n) is 4.28. The van der Waals surface area contributed by atoms with Crippen molar-refractivity contribution in [2.45, 2.75) is 44.6 Å². The van der Waals surface area contributed by atoms with E-state index in [0.717, 1.165) is 37.2 Å². The molecule has 0 atom stereocenters. The minimum atomic E-state index is -3.56. The van der Waals surface area contributed by atoms with Crippen molar-refractivity contribution < 1.29 is 8.42 Å². The molecule has 1 aromatic heterocycles. The number of nitrogens with one attached hydrogen (secondary N) is 1. The lowest BCUT2D eigenvalue weighted by atomic mass is 10.1. The number of sulfonamides is 1. The van der Waals surface area contributed by atoms with Gasteiger partial charge in [-0.05, 0) is 56.9 Å². The molecule has 0 radical (unpaired) electrons. The zero-order valence-corrected chi connectivity index (χ0v) is 15.5. The second-order valence-electron chi connectivity index (χ2n) is 6.49. The summed E-state index contributed by atoms with van der Waals surface area (Å²) in [5.74, 6) is 0.699. The molecule has 25 heavy (non-hydrogen) atoms. The first-order valence-electron chi connectivity index (χ1n) is 8.60. The van der Waals surface area contributed by atoms with Gasteiger partial charge in [-0.1, -0.05) is 12.1 Å². The molecule has 0 amide bonds. The number of aryl methyl sites for hydroxylation is 2. The lowest BCUT2D eigenvalue weighted by molar-refractivity contribution is 0.565. The number of nitrogens with zero attached hydrogens (tertiary/aromatic N) is 3. The molecule has 1 aliphatic rings. The van der Waals surface area contributed by atoms with Gasteiger partial charge in [-0.3, -0.25) is 0 Å². The van der Waals surface area contributed by atoms with Gasteiger partial charge in [0.2, 0.25) is 16.0 Å². The Hall–Kier alpha value is -1.99. The summed E-state index contributed by atoms with van der Waals surface area (Å²) < 4.78 is 27.6. The Labute approximate surface area is 149 Å². The minimum absolute atomic E-state index is 0.153. The first kappa shape index (κ1) is 17.8. The minimum Gasteiger partial charge on any atom is -0.341 e. The van der Waals surface area contributed by atoms with E-state index in [2.05, 4.69) is 19.6 Å². The summed E-state index contributed by atoms with van der Waals surface area (Å²) in [7, 11) is -3.56. The van der Waals surface area contributed by atoms with Crippen molar-refractivity contribution in [1.82, 2.24) is 14.7 Å². The van der Waals surface area contributed by atoms with Gasteiger partial charge in [-0.25, -0.2) is 23.1 Å². The summed E-state index contributed by atoms with van der Waals surface area (Å²) in [6.45, 7) is 5.85. The normalized spacial score (nSPS) is 15.4. The monoisotopic (exact) mass is 360 g/mol. The zero-order chi connectivity index (χ0) is 17.9. The van der Waals surface area contributed by atoms with E-state index >= 15 is 0 Å². The van der Waals surface area contributed by atoms with E-state index in [9.17, 15) is 8.42 Å². The molecule has 7 heteroatoms. The Kier molecular flexibility index (Phi) is 5.34. The molecule has 0 aliphatic carbocycles. The van der Waals surface area contributed by atoms with Crippen LogP contribution in [0.25, 0.3) is 0 Å². The third-order valence-corrected chi connectivity index (χ3v) is 5.68. The number of aromatic nitrogens is 2. The smallest absolute Gasteiger partial charge is 0.240 e. The van der Waals surface area contributed by atoms with Gasteiger partial charge < -0.3 is 4.90 Å². The SMILES string of the molecule is Cc1cccc(S(=O)(=O)NCc2cc(C)nc(N3CCCCC3)n2)c1. The second kappa shape index (κ2) is 7.49. The number of hydrogen-bond acceptors (Lipinski definition) is 5. The van der Waals surface area contributed by atoms with E-state index < -0.39 is 10.0 Å². The molecule has 0 unspecified atom stereocenters. The summed E-state index contributed by atoms with van der Waals surface area (Å²) in [5.41, 5.74) is 2.44. The molecule has 1 fully saturated rings. The molecule has 2 heterocycles. The van der Waals surface area contributed by atoms with Crippen LogP contribution in [0.15, 0.2) is 35.2 Å². The van der Waals surface area contributed by atoms with Crippen molar-refractivity contribution in [3.63, 3.8) is 0 Å². The molecule has 0 bridgehead atoms. The molecule has 1 N–H and O–H groups in total. The molecule has 2 aromatic rings. The quantitative estimate of drug-likeness (QED) is 0.887. The van der Waals surface area contributed by atoms with Crippen LogP contribution < -0.4 is 9.62 Å². The fraction of sp³-hybridized carbons (Fsp3) is 0.444. The van der Waals surface area contributed by atoms with Crippen molar-refractivity contribution in [3.8, 4) is 0 Å². The second-order valence-corrected chi connectivity index (χ2v) is 8.26. The van der Waals surface area contributed by atoms with Crippen LogP contribution in [-0.2, 0) is 16.6 Å². The molecule has 134 valence electrons. The molecular weight excluding hydrogens is 336 g/mol. The number of piperidine rings is 1. The summed E-state index contributed by atoms with van der Waals surface area (Å²) in [4.78, 5) is 11.5. The summed E-state index contributed by atoms with van der Waals surface area (Å²) in [6.07, 6.45) is 3.53. The third kappa shape index (κ3) is 4.55. The Morgan fingerprint density at radius 1 is 1.08 bits per heavy atom. The highest BCUT2D eigenvalue weighted by Crippen LogP contribution is 2.17. The summed E-state index contributed by atoms with van der Waals surface area (Å²) in [5, 5.41) is 0. The lowest BCUT2D eigenvalue weighted by Crippen LogP contribution is -2.32. The molecule has 6 nitrogen and oxygen atoms in total. The van der Waals surface area contributed by atoms with Gasteiger partial charge in [0.25, 0.3) is 0 Å². The molecule has 1 aliphatic heterocycles. The zero-order valence-electron chi connectivity index (χ0n) is 14.7. The van der Waals surface area contributed by atoms with E-state index in [1.54, 1.807) is 18.2 Å². The molecule has 1 aromatic carbocycles. The van der Waals surface area contributed by atoms with Gasteiger partial charge in [0.05, 0.1) is 17.1 Å². The van der Waals surface area contributed by atoms with Gasteiger partial charge in [0, 0.05) is 18.8 Å². The van der Waals surface area contributed by atoms with Gasteiger partial charge >= 0.3 is 0 Å². The maximum Gasteiger partial charge on any atom is 0.240 e. The average Bonchev–Trinajstić information content (AvgIpc) is 2.60. The fourth-order valence-corrected chi connectivity index (χ4v) is 4.08. The van der Waals surface area contributed by atoms with Crippen molar-refractivity contribution in [1.29, 1.82) is 0 Å². The summed E-state index contributed by atoms with van der Waals surface area (Å²) >= 11 is 0. The standard InChI is InChI=1S/C18H24N4O2S/c1-14-7-6-8-17(11-14)25(23,24)19-13-16-12-15(2)20-18(21-16)22-9-4-3-5-10-22/h6-8,11-12,19H,3-5,9-10,13H2,1-2H3. The predicted molar refractivity (Wildman–Crippen MR) is 98.0 cm³/mol. The number of anilines is 1. The van der Waals surface area contributed by atoms with E-state index in [4.69, 9.17) is 0 Å². The Balaban J connectivity index is 1.75. The Morgan fingerprint density at radius 3 is 2.56 bits per heavy atom. The maximum absolute atomic E-state index is 12.5. The predicted octanol–water partition coefficient (Wildman–Crippen LogP) is 2.56. The van der Waals surface area contributed by atoms with Crippen molar-refractivity contribution in [2.24, 2.45) is 0 Å². The molecular formula is C18H24N4O2S. The fourth-order valence-electron chi connectivity index (χ4n) is 2.98. The van der Waals surface area contributed by atoms with Gasteiger partial charge in [-0.2, -0.15) is 0 Å². The van der Waals surface area contributed by atoms with Crippen LogP contribution in [0, 0.1) is 13.8 Å². The maximum atomic E-state index is 12.5. The highest BCUT2D eigenvalue weighted by atomic mass is 32.2. The van der Waals surface area contributed by atoms with Gasteiger partial charge in [-0.15, -0.1) is 0 Å². The Bertz CT molecular complexity index is 846. The van der Waals surface area contributed by atoms with Gasteiger partial charge in [0.15, 0.2) is 0 Å². The van der Waals surface area contributed by atoms with E-state index in [-0.39, 0.29) is 11.4 Å². The Morgan fingerprint density at radius 2 is 1.84 bits per heavy atom. The van der Waals surface area contributed by atoms with E-state index in [0.29, 0.717) is 11.6 Å². The first-order chi connectivity index (χ1) is 11.9. The first-order valence-corrected chi connectivity index (χ1v) is 10.1. The number of hydrogen-bond donors (Lipinski definition) is 1. The lowest BCUT2D eigenvalue weighted by Gasteiger charge is -2.27. The highest BCUT2D eigenvalue weighted by molar-refractivity contribution is 7.89. The van der Waals surface area contributed by atoms with Crippen LogP contribution in [-0.4, -0.2) is 31.5 Å². The van der Waals surface area contributed by atoms with Crippen LogP contribution in [0.3, 0.4) is 0 Å².